The summed E-state index contributed by atoms with van der Waals surface area (Å²) >= 11 is 1.92. The number of nitrogens with one attached hydrogen (secondary N) is 1. The van der Waals surface area contributed by atoms with Gasteiger partial charge in [0, 0.05) is 12.3 Å². The minimum Gasteiger partial charge on any atom is -0.493 e. The van der Waals surface area contributed by atoms with Crippen LogP contribution in [0.2, 0.25) is 0 Å². The van der Waals surface area contributed by atoms with E-state index in [9.17, 15) is 0 Å². The molecule has 1 aliphatic heterocycles. The number of rotatable bonds is 5. The van der Waals surface area contributed by atoms with Gasteiger partial charge in [-0.2, -0.15) is 0 Å². The van der Waals surface area contributed by atoms with Gasteiger partial charge in [-0.3, -0.25) is 0 Å². The maximum Gasteiger partial charge on any atom is 0.161 e. The molecule has 1 saturated heterocycles. The van der Waals surface area contributed by atoms with Gasteiger partial charge in [-0.15, -0.1) is 11.8 Å². The first-order chi connectivity index (χ1) is 10.4. The highest BCUT2D eigenvalue weighted by molar-refractivity contribution is 7.99. The molecule has 3 nitrogen and oxygen atoms in total. The van der Waals surface area contributed by atoms with E-state index in [1.165, 1.54) is 5.56 Å². The van der Waals surface area contributed by atoms with Crippen LogP contribution in [-0.4, -0.2) is 19.4 Å². The van der Waals surface area contributed by atoms with E-state index in [2.05, 4.69) is 29.6 Å². The Morgan fingerprint density at radius 3 is 2.71 bits per heavy atom. The van der Waals surface area contributed by atoms with E-state index in [0.29, 0.717) is 12.0 Å². The fourth-order valence-corrected chi connectivity index (χ4v) is 3.39. The molecule has 1 heterocycles. The van der Waals surface area contributed by atoms with E-state index in [4.69, 9.17) is 9.47 Å². The maximum absolute atomic E-state index is 5.88. The lowest BCUT2D eigenvalue weighted by Gasteiger charge is -2.15. The summed E-state index contributed by atoms with van der Waals surface area (Å²) in [6.45, 7) is 1.61. The largest absolute Gasteiger partial charge is 0.493 e. The predicted molar refractivity (Wildman–Crippen MR) is 87.0 cm³/mol. The van der Waals surface area contributed by atoms with Gasteiger partial charge >= 0.3 is 0 Å². The number of methoxy groups -OCH3 is 1. The smallest absolute Gasteiger partial charge is 0.161 e. The molecule has 0 bridgehead atoms. The molecule has 3 rings (SSSR count). The second-order valence-electron chi connectivity index (χ2n) is 4.89. The average molecular weight is 301 g/mol. The zero-order valence-electron chi connectivity index (χ0n) is 12.0. The lowest BCUT2D eigenvalue weighted by atomic mass is 10.2. The van der Waals surface area contributed by atoms with E-state index in [1.807, 2.05) is 36.0 Å². The molecular weight excluding hydrogens is 282 g/mol. The second-order valence-corrected chi connectivity index (χ2v) is 6.10. The first-order valence-corrected chi connectivity index (χ1v) is 8.11. The maximum atomic E-state index is 5.88. The number of benzene rings is 2. The first-order valence-electron chi connectivity index (χ1n) is 7.06. The van der Waals surface area contributed by atoms with Crippen molar-refractivity contribution in [3.05, 3.63) is 59.7 Å². The average Bonchev–Trinajstić information content (AvgIpc) is 3.08. The van der Waals surface area contributed by atoms with Crippen LogP contribution in [0.15, 0.2) is 48.5 Å². The van der Waals surface area contributed by atoms with E-state index >= 15 is 0 Å². The highest BCUT2D eigenvalue weighted by Gasteiger charge is 2.18. The molecule has 2 aromatic carbocycles. The molecule has 1 atom stereocenters. The number of ether oxygens (including phenoxy) is 2. The number of hydrogen-bond donors (Lipinski definition) is 1. The fraction of sp³-hybridized carbons (Fsp3) is 0.294. The Bertz CT molecular complexity index is 583. The quantitative estimate of drug-likeness (QED) is 0.914. The van der Waals surface area contributed by atoms with Crippen LogP contribution in [0.5, 0.6) is 11.5 Å². The standard InChI is InChI=1S/C17H19NO2S/c1-19-16-11-14(17-18-9-10-21-17)7-8-15(16)20-12-13-5-3-2-4-6-13/h2-8,11,17-18H,9-10,12H2,1H3. The Morgan fingerprint density at radius 2 is 2.00 bits per heavy atom. The van der Waals surface area contributed by atoms with Crippen molar-refractivity contribution in [2.45, 2.75) is 12.0 Å². The second kappa shape index (κ2) is 6.87. The Labute approximate surface area is 129 Å². The lowest BCUT2D eigenvalue weighted by Crippen LogP contribution is -2.12. The summed E-state index contributed by atoms with van der Waals surface area (Å²) in [4.78, 5) is 0. The predicted octanol–water partition coefficient (Wildman–Crippen LogP) is 3.61. The first kappa shape index (κ1) is 14.3. The zero-order chi connectivity index (χ0) is 14.5. The summed E-state index contributed by atoms with van der Waals surface area (Å²) in [6, 6.07) is 16.3. The molecule has 2 aromatic rings. The fourth-order valence-electron chi connectivity index (χ4n) is 2.34. The molecule has 110 valence electrons. The van der Waals surface area contributed by atoms with Gasteiger partial charge in [0.15, 0.2) is 11.5 Å². The summed E-state index contributed by atoms with van der Waals surface area (Å²) in [5, 5.41) is 3.83. The Kier molecular flexibility index (Phi) is 4.68. The van der Waals surface area contributed by atoms with Crippen molar-refractivity contribution in [2.24, 2.45) is 0 Å². The summed E-state index contributed by atoms with van der Waals surface area (Å²) in [7, 11) is 1.68. The third kappa shape index (κ3) is 3.52. The molecule has 0 spiro atoms. The van der Waals surface area contributed by atoms with Crippen molar-refractivity contribution >= 4 is 11.8 Å². The van der Waals surface area contributed by atoms with E-state index in [-0.39, 0.29) is 0 Å². The highest BCUT2D eigenvalue weighted by atomic mass is 32.2. The summed E-state index contributed by atoms with van der Waals surface area (Å²) in [6.07, 6.45) is 0. The molecule has 0 amide bonds. The normalized spacial score (nSPS) is 17.7. The van der Waals surface area contributed by atoms with Crippen molar-refractivity contribution in [1.29, 1.82) is 0 Å². The number of hydrogen-bond acceptors (Lipinski definition) is 4. The van der Waals surface area contributed by atoms with E-state index < -0.39 is 0 Å². The monoisotopic (exact) mass is 301 g/mol. The van der Waals surface area contributed by atoms with E-state index in [0.717, 1.165) is 29.4 Å². The molecule has 0 saturated carbocycles. The SMILES string of the molecule is COc1cc(C2NCCS2)ccc1OCc1ccccc1. The van der Waals surface area contributed by atoms with Gasteiger partial charge in [0.2, 0.25) is 0 Å². The van der Waals surface area contributed by atoms with Gasteiger partial charge in [-0.25, -0.2) is 0 Å². The van der Waals surface area contributed by atoms with Crippen LogP contribution >= 0.6 is 11.8 Å². The van der Waals surface area contributed by atoms with Crippen molar-refractivity contribution in [1.82, 2.24) is 5.32 Å². The van der Waals surface area contributed by atoms with Crippen LogP contribution < -0.4 is 14.8 Å². The van der Waals surface area contributed by atoms with Crippen molar-refractivity contribution in [3.8, 4) is 11.5 Å². The highest BCUT2D eigenvalue weighted by Crippen LogP contribution is 2.36. The van der Waals surface area contributed by atoms with Crippen LogP contribution in [0.25, 0.3) is 0 Å². The summed E-state index contributed by atoms with van der Waals surface area (Å²) in [5.41, 5.74) is 2.39. The van der Waals surface area contributed by atoms with Crippen LogP contribution in [0.1, 0.15) is 16.5 Å². The van der Waals surface area contributed by atoms with Crippen LogP contribution in [0.4, 0.5) is 0 Å². The van der Waals surface area contributed by atoms with Gasteiger partial charge in [0.05, 0.1) is 12.5 Å². The molecule has 0 radical (unpaired) electrons. The van der Waals surface area contributed by atoms with E-state index in [1.54, 1.807) is 7.11 Å². The molecule has 1 N–H and O–H groups in total. The van der Waals surface area contributed by atoms with Gasteiger partial charge in [0.25, 0.3) is 0 Å². The minimum absolute atomic E-state index is 0.363. The molecule has 0 aromatic heterocycles. The van der Waals surface area contributed by atoms with Gasteiger partial charge in [0.1, 0.15) is 6.61 Å². The molecule has 21 heavy (non-hydrogen) atoms. The third-order valence-electron chi connectivity index (χ3n) is 3.44. The molecule has 1 unspecified atom stereocenters. The van der Waals surface area contributed by atoms with Crippen molar-refractivity contribution in [3.63, 3.8) is 0 Å². The molecule has 0 aliphatic carbocycles. The zero-order valence-corrected chi connectivity index (χ0v) is 12.9. The van der Waals surface area contributed by atoms with Gasteiger partial charge < -0.3 is 14.8 Å². The Hall–Kier alpha value is -1.65. The Balaban J connectivity index is 1.72. The molecule has 1 fully saturated rings. The van der Waals surface area contributed by atoms with Gasteiger partial charge in [-0.1, -0.05) is 36.4 Å². The van der Waals surface area contributed by atoms with Crippen LogP contribution in [0.3, 0.4) is 0 Å². The Morgan fingerprint density at radius 1 is 1.14 bits per heavy atom. The van der Waals surface area contributed by atoms with Gasteiger partial charge in [-0.05, 0) is 23.3 Å². The van der Waals surface area contributed by atoms with Crippen molar-refractivity contribution in [2.75, 3.05) is 19.4 Å². The van der Waals surface area contributed by atoms with Crippen molar-refractivity contribution < 1.29 is 9.47 Å². The third-order valence-corrected chi connectivity index (χ3v) is 4.66. The lowest BCUT2D eigenvalue weighted by molar-refractivity contribution is 0.284. The minimum atomic E-state index is 0.363. The van der Waals surface area contributed by atoms with Crippen LogP contribution in [0, 0.1) is 0 Å². The molecule has 1 aliphatic rings. The number of thioether (sulfide) groups is 1. The molecular formula is C17H19NO2S. The summed E-state index contributed by atoms with van der Waals surface area (Å²) < 4.78 is 11.4. The topological polar surface area (TPSA) is 30.5 Å². The van der Waals surface area contributed by atoms with Crippen LogP contribution in [-0.2, 0) is 6.61 Å². The summed E-state index contributed by atoms with van der Waals surface area (Å²) in [5.74, 6) is 2.73. The molecule has 4 heteroatoms.